The second-order valence-electron chi connectivity index (χ2n) is 3.18. The minimum Gasteiger partial charge on any atom is -0.478 e. The van der Waals surface area contributed by atoms with Gasteiger partial charge < -0.3 is 10.0 Å². The van der Waals surface area contributed by atoms with Crippen molar-refractivity contribution in [2.75, 3.05) is 18.0 Å². The number of hydrogen-bond donors (Lipinski definition) is 1. The number of anilines is 1. The Balaban J connectivity index is 3.13. The molecule has 0 aliphatic carbocycles. The highest BCUT2D eigenvalue weighted by molar-refractivity contribution is 6.31. The Morgan fingerprint density at radius 3 is 2.40 bits per heavy atom. The van der Waals surface area contributed by atoms with Crippen molar-refractivity contribution in [2.24, 2.45) is 0 Å². The van der Waals surface area contributed by atoms with E-state index in [1.165, 1.54) is 6.07 Å². The summed E-state index contributed by atoms with van der Waals surface area (Å²) in [5.41, 5.74) is 1.08. The van der Waals surface area contributed by atoms with Crippen LogP contribution in [-0.4, -0.2) is 24.2 Å². The van der Waals surface area contributed by atoms with Crippen LogP contribution in [-0.2, 0) is 0 Å². The van der Waals surface area contributed by atoms with Crippen LogP contribution >= 0.6 is 11.6 Å². The van der Waals surface area contributed by atoms with Crippen molar-refractivity contribution in [2.45, 2.75) is 13.8 Å². The van der Waals surface area contributed by atoms with Crippen LogP contribution in [0.15, 0.2) is 18.2 Å². The molecule has 0 amide bonds. The third-order valence-corrected chi connectivity index (χ3v) is 2.48. The maximum Gasteiger partial charge on any atom is 0.335 e. The van der Waals surface area contributed by atoms with E-state index in [0.717, 1.165) is 18.8 Å². The van der Waals surface area contributed by atoms with Gasteiger partial charge in [0.25, 0.3) is 0 Å². The van der Waals surface area contributed by atoms with Crippen LogP contribution in [0.3, 0.4) is 0 Å². The van der Waals surface area contributed by atoms with Gasteiger partial charge in [0, 0.05) is 23.8 Å². The molecule has 0 aliphatic heterocycles. The average Bonchev–Trinajstić information content (AvgIpc) is 2.18. The van der Waals surface area contributed by atoms with E-state index in [0.29, 0.717) is 5.02 Å². The molecule has 0 heterocycles. The van der Waals surface area contributed by atoms with Gasteiger partial charge in [-0.15, -0.1) is 0 Å². The second kappa shape index (κ2) is 5.03. The van der Waals surface area contributed by atoms with Crippen molar-refractivity contribution in [3.8, 4) is 0 Å². The third kappa shape index (κ3) is 2.86. The van der Waals surface area contributed by atoms with E-state index >= 15 is 0 Å². The number of carboxylic acid groups (broad SMARTS) is 1. The number of rotatable bonds is 4. The number of benzene rings is 1. The molecule has 15 heavy (non-hydrogen) atoms. The van der Waals surface area contributed by atoms with Gasteiger partial charge in [-0.25, -0.2) is 4.79 Å². The molecule has 82 valence electrons. The van der Waals surface area contributed by atoms with E-state index in [4.69, 9.17) is 16.7 Å². The summed E-state index contributed by atoms with van der Waals surface area (Å²) in [6, 6.07) is 4.87. The molecule has 4 heteroatoms. The molecule has 0 bridgehead atoms. The van der Waals surface area contributed by atoms with E-state index in [-0.39, 0.29) is 5.56 Å². The predicted octanol–water partition coefficient (Wildman–Crippen LogP) is 2.88. The van der Waals surface area contributed by atoms with Gasteiger partial charge in [0.15, 0.2) is 0 Å². The summed E-state index contributed by atoms with van der Waals surface area (Å²) in [5.74, 6) is -0.953. The van der Waals surface area contributed by atoms with Crippen molar-refractivity contribution < 1.29 is 9.90 Å². The van der Waals surface area contributed by atoms with Gasteiger partial charge in [0.05, 0.1) is 5.56 Å². The van der Waals surface area contributed by atoms with Crippen LogP contribution in [0.4, 0.5) is 5.69 Å². The molecular weight excluding hydrogens is 214 g/mol. The molecule has 0 aromatic heterocycles. The molecule has 1 rings (SSSR count). The van der Waals surface area contributed by atoms with E-state index in [2.05, 4.69) is 4.90 Å². The molecule has 3 nitrogen and oxygen atoms in total. The fourth-order valence-corrected chi connectivity index (χ4v) is 1.70. The lowest BCUT2D eigenvalue weighted by Gasteiger charge is -2.21. The van der Waals surface area contributed by atoms with Gasteiger partial charge in [0.1, 0.15) is 0 Å². The first kappa shape index (κ1) is 11.9. The molecule has 0 spiro atoms. The fourth-order valence-electron chi connectivity index (χ4n) is 1.47. The third-order valence-electron chi connectivity index (χ3n) is 2.26. The highest BCUT2D eigenvalue weighted by Gasteiger charge is 2.09. The number of nitrogens with zero attached hydrogens (tertiary/aromatic N) is 1. The molecule has 0 unspecified atom stereocenters. The van der Waals surface area contributed by atoms with Gasteiger partial charge in [-0.05, 0) is 32.0 Å². The maximum atomic E-state index is 10.8. The van der Waals surface area contributed by atoms with Crippen LogP contribution in [0.2, 0.25) is 5.02 Å². The lowest BCUT2D eigenvalue weighted by Crippen LogP contribution is -2.22. The molecule has 0 saturated heterocycles. The average molecular weight is 228 g/mol. The minimum absolute atomic E-state index is 0.226. The summed E-state index contributed by atoms with van der Waals surface area (Å²) < 4.78 is 0. The predicted molar refractivity (Wildman–Crippen MR) is 62.0 cm³/mol. The first-order valence-corrected chi connectivity index (χ1v) is 5.25. The summed E-state index contributed by atoms with van der Waals surface area (Å²) in [6.07, 6.45) is 0. The fraction of sp³-hybridized carbons (Fsp3) is 0.364. The Hall–Kier alpha value is -1.22. The van der Waals surface area contributed by atoms with Crippen molar-refractivity contribution >= 4 is 23.3 Å². The summed E-state index contributed by atoms with van der Waals surface area (Å²) in [6.45, 7) is 5.70. The normalized spacial score (nSPS) is 10.1. The first-order chi connectivity index (χ1) is 7.08. The smallest absolute Gasteiger partial charge is 0.335 e. The Labute approximate surface area is 94.3 Å². The SMILES string of the molecule is CCN(CC)c1cc(Cl)cc(C(=O)O)c1. The van der Waals surface area contributed by atoms with Gasteiger partial charge in [-0.2, -0.15) is 0 Å². The Bertz CT molecular complexity index is 362. The van der Waals surface area contributed by atoms with Crippen LogP contribution in [0.5, 0.6) is 0 Å². The van der Waals surface area contributed by atoms with Crippen molar-refractivity contribution in [1.82, 2.24) is 0 Å². The quantitative estimate of drug-likeness (QED) is 0.860. The standard InChI is InChI=1S/C11H14ClNO2/c1-3-13(4-2)10-6-8(11(14)15)5-9(12)7-10/h5-7H,3-4H2,1-2H3,(H,14,15). The zero-order valence-corrected chi connectivity index (χ0v) is 9.58. The van der Waals surface area contributed by atoms with Gasteiger partial charge in [-0.3, -0.25) is 0 Å². The number of carboxylic acids is 1. The highest BCUT2D eigenvalue weighted by atomic mass is 35.5. The number of carbonyl (C=O) groups is 1. The molecule has 1 N–H and O–H groups in total. The van der Waals surface area contributed by atoms with E-state index in [1.54, 1.807) is 12.1 Å². The summed E-state index contributed by atoms with van der Waals surface area (Å²) in [4.78, 5) is 12.9. The van der Waals surface area contributed by atoms with Gasteiger partial charge in [-0.1, -0.05) is 11.6 Å². The largest absolute Gasteiger partial charge is 0.478 e. The maximum absolute atomic E-state index is 10.8. The molecule has 0 atom stereocenters. The first-order valence-electron chi connectivity index (χ1n) is 4.87. The Morgan fingerprint density at radius 2 is 1.93 bits per heavy atom. The zero-order chi connectivity index (χ0) is 11.4. The van der Waals surface area contributed by atoms with Crippen LogP contribution in [0.1, 0.15) is 24.2 Å². The van der Waals surface area contributed by atoms with Crippen molar-refractivity contribution in [3.63, 3.8) is 0 Å². The Morgan fingerprint density at radius 1 is 1.33 bits per heavy atom. The minimum atomic E-state index is -0.953. The number of halogens is 1. The number of aromatic carboxylic acids is 1. The van der Waals surface area contributed by atoms with Gasteiger partial charge >= 0.3 is 5.97 Å². The lowest BCUT2D eigenvalue weighted by molar-refractivity contribution is 0.0697. The summed E-state index contributed by atoms with van der Waals surface area (Å²) >= 11 is 5.86. The molecule has 1 aromatic carbocycles. The summed E-state index contributed by atoms with van der Waals surface area (Å²) in [7, 11) is 0. The molecular formula is C11H14ClNO2. The molecule has 0 saturated carbocycles. The van der Waals surface area contributed by atoms with Crippen LogP contribution in [0, 0.1) is 0 Å². The second-order valence-corrected chi connectivity index (χ2v) is 3.61. The topological polar surface area (TPSA) is 40.5 Å². The van der Waals surface area contributed by atoms with Crippen molar-refractivity contribution in [3.05, 3.63) is 28.8 Å². The van der Waals surface area contributed by atoms with Crippen LogP contribution < -0.4 is 4.90 Å². The zero-order valence-electron chi connectivity index (χ0n) is 8.83. The van der Waals surface area contributed by atoms with Crippen molar-refractivity contribution in [1.29, 1.82) is 0 Å². The lowest BCUT2D eigenvalue weighted by atomic mass is 10.2. The molecule has 0 fully saturated rings. The van der Waals surface area contributed by atoms with E-state index in [1.807, 2.05) is 13.8 Å². The number of hydrogen-bond acceptors (Lipinski definition) is 2. The highest BCUT2D eigenvalue weighted by Crippen LogP contribution is 2.22. The Kier molecular flexibility index (Phi) is 3.97. The monoisotopic (exact) mass is 227 g/mol. The summed E-state index contributed by atoms with van der Waals surface area (Å²) in [5, 5.41) is 9.34. The van der Waals surface area contributed by atoms with E-state index in [9.17, 15) is 4.79 Å². The van der Waals surface area contributed by atoms with E-state index < -0.39 is 5.97 Å². The molecule has 0 aliphatic rings. The molecule has 0 radical (unpaired) electrons. The van der Waals surface area contributed by atoms with Gasteiger partial charge in [0.2, 0.25) is 0 Å². The molecule has 1 aromatic rings. The van der Waals surface area contributed by atoms with Crippen LogP contribution in [0.25, 0.3) is 0 Å².